The summed E-state index contributed by atoms with van der Waals surface area (Å²) in [5.74, 6) is 0. The molecule has 2 atom stereocenters. The van der Waals surface area contributed by atoms with E-state index in [9.17, 15) is 13.7 Å². The Labute approximate surface area is 83.8 Å². The number of hydrogen-bond acceptors (Lipinski definition) is 6. The molecule has 2 unspecified atom stereocenters. The Bertz CT molecular complexity index is 330. The van der Waals surface area contributed by atoms with Crippen LogP contribution in [0.3, 0.4) is 0 Å². The van der Waals surface area contributed by atoms with E-state index in [-0.39, 0.29) is 0 Å². The van der Waals surface area contributed by atoms with Crippen molar-refractivity contribution < 1.29 is 26.8 Å². The van der Waals surface area contributed by atoms with Crippen LogP contribution in [-0.2, 0) is 26.8 Å². The number of hydrogen-bond donors (Lipinski definition) is 0. The zero-order chi connectivity index (χ0) is 11.6. The molecule has 0 aromatic carbocycles. The summed E-state index contributed by atoms with van der Waals surface area (Å²) in [4.78, 5) is 0. The van der Waals surface area contributed by atoms with E-state index in [0.29, 0.717) is 0 Å². The van der Waals surface area contributed by atoms with E-state index in [1.54, 1.807) is 0 Å². The van der Waals surface area contributed by atoms with Gasteiger partial charge in [-0.15, -0.1) is 0 Å². The minimum atomic E-state index is -3.60. The molecule has 0 rings (SSSR count). The molecule has 0 radical (unpaired) electrons. The molecule has 6 nitrogen and oxygen atoms in total. The fraction of sp³-hybridized carbons (Fsp3) is 1.00. The molecular formula is C5H15O6P3. The van der Waals surface area contributed by atoms with E-state index in [4.69, 9.17) is 4.31 Å². The summed E-state index contributed by atoms with van der Waals surface area (Å²) >= 11 is 0. The maximum Gasteiger partial charge on any atom is 0.340 e. The van der Waals surface area contributed by atoms with Crippen LogP contribution >= 0.6 is 22.6 Å². The van der Waals surface area contributed by atoms with E-state index in [2.05, 4.69) is 8.83 Å². The van der Waals surface area contributed by atoms with E-state index >= 15 is 0 Å². The minimum Gasteiger partial charge on any atom is -0.312 e. The summed E-state index contributed by atoms with van der Waals surface area (Å²) in [5, 5.41) is 0. The van der Waals surface area contributed by atoms with Crippen LogP contribution in [0.15, 0.2) is 0 Å². The fourth-order valence-electron chi connectivity index (χ4n) is 0.675. The van der Waals surface area contributed by atoms with Crippen molar-refractivity contribution in [3.05, 3.63) is 0 Å². The van der Waals surface area contributed by atoms with Crippen molar-refractivity contribution in [2.45, 2.75) is 0 Å². The van der Waals surface area contributed by atoms with Gasteiger partial charge in [-0.25, -0.2) is 4.31 Å². The lowest BCUT2D eigenvalue weighted by atomic mass is 11.8. The van der Waals surface area contributed by atoms with Crippen molar-refractivity contribution in [1.29, 1.82) is 0 Å². The Morgan fingerprint density at radius 3 is 1.50 bits per heavy atom. The van der Waals surface area contributed by atoms with Crippen LogP contribution in [0.5, 0.6) is 0 Å². The van der Waals surface area contributed by atoms with E-state index < -0.39 is 22.6 Å². The molecule has 0 saturated heterocycles. The lowest BCUT2D eigenvalue weighted by molar-refractivity contribution is 0.309. The van der Waals surface area contributed by atoms with Crippen molar-refractivity contribution >= 4 is 22.6 Å². The standard InChI is InChI=1S/C5H15O6P3/c1-9-13(4,7)11-14(5,8)10-12(2,3)6/h1-5H3. The van der Waals surface area contributed by atoms with Crippen molar-refractivity contribution in [2.24, 2.45) is 0 Å². The predicted octanol–water partition coefficient (Wildman–Crippen LogP) is 2.85. The van der Waals surface area contributed by atoms with Crippen molar-refractivity contribution in [2.75, 3.05) is 33.8 Å². The summed E-state index contributed by atoms with van der Waals surface area (Å²) in [6.07, 6.45) is 0. The summed E-state index contributed by atoms with van der Waals surface area (Å²) in [5.41, 5.74) is 0. The number of rotatable bonds is 5. The van der Waals surface area contributed by atoms with Crippen LogP contribution in [0.1, 0.15) is 0 Å². The molecule has 0 spiro atoms. The van der Waals surface area contributed by atoms with Gasteiger partial charge in [0, 0.05) is 33.8 Å². The van der Waals surface area contributed by atoms with Gasteiger partial charge in [0.25, 0.3) is 0 Å². The average molecular weight is 264 g/mol. The third-order valence-corrected chi connectivity index (χ3v) is 6.77. The van der Waals surface area contributed by atoms with Crippen LogP contribution in [0.2, 0.25) is 0 Å². The molecule has 0 aromatic rings. The topological polar surface area (TPSA) is 78.9 Å². The molecule has 0 aromatic heterocycles. The SMILES string of the molecule is COP(C)(=O)OP(C)(=O)OP(C)(C)=O. The highest BCUT2D eigenvalue weighted by Crippen LogP contribution is 2.66. The molecule has 0 heterocycles. The van der Waals surface area contributed by atoms with Crippen LogP contribution < -0.4 is 0 Å². The monoisotopic (exact) mass is 264 g/mol. The molecule has 0 bridgehead atoms. The largest absolute Gasteiger partial charge is 0.340 e. The third-order valence-electron chi connectivity index (χ3n) is 0.973. The molecule has 0 amide bonds. The second-order valence-electron chi connectivity index (χ2n) is 3.14. The van der Waals surface area contributed by atoms with Crippen LogP contribution in [0, 0.1) is 0 Å². The Balaban J connectivity index is 4.60. The van der Waals surface area contributed by atoms with Crippen LogP contribution in [-0.4, -0.2) is 33.8 Å². The molecule has 0 aliphatic carbocycles. The highest BCUT2D eigenvalue weighted by Gasteiger charge is 2.32. The zero-order valence-electron chi connectivity index (χ0n) is 8.79. The first-order valence-electron chi connectivity index (χ1n) is 3.66. The molecule has 0 N–H and O–H groups in total. The molecule has 9 heteroatoms. The minimum absolute atomic E-state index is 1.10. The van der Waals surface area contributed by atoms with Gasteiger partial charge >= 0.3 is 15.2 Å². The Morgan fingerprint density at radius 2 is 1.21 bits per heavy atom. The van der Waals surface area contributed by atoms with Crippen LogP contribution in [0.4, 0.5) is 0 Å². The van der Waals surface area contributed by atoms with Crippen LogP contribution in [0.25, 0.3) is 0 Å². The Hall–Kier alpha value is 0.570. The Kier molecular flexibility index (Phi) is 4.80. The molecule has 14 heavy (non-hydrogen) atoms. The first-order chi connectivity index (χ1) is 5.97. The quantitative estimate of drug-likeness (QED) is 0.710. The van der Waals surface area contributed by atoms with Gasteiger partial charge in [-0.2, -0.15) is 0 Å². The van der Waals surface area contributed by atoms with Gasteiger partial charge in [-0.1, -0.05) is 0 Å². The van der Waals surface area contributed by atoms with Gasteiger partial charge in [-0.05, 0) is 0 Å². The second-order valence-corrected chi connectivity index (χ2v) is 10.4. The third kappa shape index (κ3) is 6.94. The first kappa shape index (κ1) is 14.6. The summed E-state index contributed by atoms with van der Waals surface area (Å²) < 4.78 is 47.9. The predicted molar refractivity (Wildman–Crippen MR) is 55.7 cm³/mol. The van der Waals surface area contributed by atoms with E-state index in [1.165, 1.54) is 13.3 Å². The van der Waals surface area contributed by atoms with Gasteiger partial charge < -0.3 is 4.52 Å². The van der Waals surface area contributed by atoms with Crippen molar-refractivity contribution in [1.82, 2.24) is 0 Å². The summed E-state index contributed by atoms with van der Waals surface area (Å²) in [7, 11) is -8.78. The van der Waals surface area contributed by atoms with Gasteiger partial charge in [-0.3, -0.25) is 18.0 Å². The molecule has 0 aliphatic rings. The fourth-order valence-corrected chi connectivity index (χ4v) is 6.34. The smallest absolute Gasteiger partial charge is 0.312 e. The van der Waals surface area contributed by atoms with Crippen molar-refractivity contribution in [3.8, 4) is 0 Å². The highest BCUT2D eigenvalue weighted by atomic mass is 31.3. The van der Waals surface area contributed by atoms with E-state index in [0.717, 1.165) is 20.4 Å². The normalized spacial score (nSPS) is 21.2. The average Bonchev–Trinajstić information content (AvgIpc) is 1.78. The molecule has 0 saturated carbocycles. The van der Waals surface area contributed by atoms with Gasteiger partial charge in [0.05, 0.1) is 0 Å². The highest BCUT2D eigenvalue weighted by molar-refractivity contribution is 7.73. The first-order valence-corrected chi connectivity index (χ1v) is 10.2. The zero-order valence-corrected chi connectivity index (χ0v) is 11.5. The van der Waals surface area contributed by atoms with Gasteiger partial charge in [0.15, 0.2) is 0 Å². The maximum absolute atomic E-state index is 11.5. The van der Waals surface area contributed by atoms with Crippen molar-refractivity contribution in [3.63, 3.8) is 0 Å². The summed E-state index contributed by atoms with van der Waals surface area (Å²) in [6.45, 7) is 4.84. The molecule has 0 aliphatic heterocycles. The summed E-state index contributed by atoms with van der Waals surface area (Å²) in [6, 6.07) is 0. The van der Waals surface area contributed by atoms with Gasteiger partial charge in [0.1, 0.15) is 0 Å². The maximum atomic E-state index is 11.5. The lowest BCUT2D eigenvalue weighted by Gasteiger charge is -2.19. The molecule has 0 fully saturated rings. The second kappa shape index (κ2) is 4.61. The molecular weight excluding hydrogens is 249 g/mol. The van der Waals surface area contributed by atoms with E-state index in [1.807, 2.05) is 0 Å². The Morgan fingerprint density at radius 1 is 0.786 bits per heavy atom. The lowest BCUT2D eigenvalue weighted by Crippen LogP contribution is -1.92. The molecule has 86 valence electrons. The van der Waals surface area contributed by atoms with Gasteiger partial charge in [0.2, 0.25) is 7.37 Å².